The Morgan fingerprint density at radius 1 is 1.21 bits per heavy atom. The molecule has 2 N–H and O–H groups in total. The van der Waals surface area contributed by atoms with Crippen molar-refractivity contribution < 1.29 is 18.7 Å². The van der Waals surface area contributed by atoms with Gasteiger partial charge in [0.2, 0.25) is 0 Å². The standard InChI is InChI=1S/C22H22FN3O3/c1-2-29-19(27)13-24-22(28)26-12-11-15-14-7-4-6-10-18(14)25-20(15)21(26)16-8-3-5-9-17(16)23/h3-10,21,25H,2,11-13H2,1H3,(H,24,28)/t21-/m0/s1. The van der Waals surface area contributed by atoms with Gasteiger partial charge in [-0.15, -0.1) is 0 Å². The van der Waals surface area contributed by atoms with Crippen LogP contribution in [-0.2, 0) is 16.0 Å². The highest BCUT2D eigenvalue weighted by atomic mass is 19.1. The number of halogens is 1. The largest absolute Gasteiger partial charge is 0.465 e. The van der Waals surface area contributed by atoms with Crippen LogP contribution >= 0.6 is 0 Å². The molecule has 1 atom stereocenters. The Morgan fingerprint density at radius 2 is 1.97 bits per heavy atom. The van der Waals surface area contributed by atoms with Crippen molar-refractivity contribution in [3.63, 3.8) is 0 Å². The van der Waals surface area contributed by atoms with E-state index >= 15 is 0 Å². The highest BCUT2D eigenvalue weighted by Crippen LogP contribution is 2.39. The average Bonchev–Trinajstić information content (AvgIpc) is 3.11. The van der Waals surface area contributed by atoms with Gasteiger partial charge in [0, 0.05) is 28.7 Å². The van der Waals surface area contributed by atoms with E-state index in [2.05, 4.69) is 10.3 Å². The van der Waals surface area contributed by atoms with Crippen molar-refractivity contribution in [3.05, 3.63) is 71.2 Å². The monoisotopic (exact) mass is 395 g/mol. The Kier molecular flexibility index (Phi) is 5.20. The maximum absolute atomic E-state index is 14.7. The predicted octanol–water partition coefficient (Wildman–Crippen LogP) is 3.53. The quantitative estimate of drug-likeness (QED) is 0.664. The molecule has 0 saturated heterocycles. The SMILES string of the molecule is CCOC(=O)CNC(=O)N1CCc2c([nH]c3ccccc23)[C@@H]1c1ccccc1F. The van der Waals surface area contributed by atoms with Crippen molar-refractivity contribution in [3.8, 4) is 0 Å². The normalized spacial score (nSPS) is 15.8. The molecule has 1 aromatic heterocycles. The number of ether oxygens (including phenoxy) is 1. The number of carbonyl (C=O) groups excluding carboxylic acids is 2. The van der Waals surface area contributed by atoms with Gasteiger partial charge >= 0.3 is 12.0 Å². The van der Waals surface area contributed by atoms with Crippen molar-refractivity contribution in [2.75, 3.05) is 19.7 Å². The summed E-state index contributed by atoms with van der Waals surface area (Å²) < 4.78 is 19.6. The minimum Gasteiger partial charge on any atom is -0.465 e. The number of nitrogens with zero attached hydrogens (tertiary/aromatic N) is 1. The zero-order valence-electron chi connectivity index (χ0n) is 16.1. The third-order valence-corrected chi connectivity index (χ3v) is 5.18. The number of esters is 1. The molecular formula is C22H22FN3O3. The maximum Gasteiger partial charge on any atom is 0.325 e. The van der Waals surface area contributed by atoms with Gasteiger partial charge in [0.15, 0.2) is 0 Å². The van der Waals surface area contributed by atoms with E-state index in [1.54, 1.807) is 30.0 Å². The predicted molar refractivity (Wildman–Crippen MR) is 107 cm³/mol. The van der Waals surface area contributed by atoms with E-state index in [9.17, 15) is 14.0 Å². The van der Waals surface area contributed by atoms with Crippen molar-refractivity contribution in [1.29, 1.82) is 0 Å². The molecule has 29 heavy (non-hydrogen) atoms. The van der Waals surface area contributed by atoms with Crippen molar-refractivity contribution in [1.82, 2.24) is 15.2 Å². The lowest BCUT2D eigenvalue weighted by atomic mass is 9.92. The Balaban J connectivity index is 1.73. The van der Waals surface area contributed by atoms with E-state index in [4.69, 9.17) is 4.74 Å². The summed E-state index contributed by atoms with van der Waals surface area (Å²) in [6.07, 6.45) is 0.636. The van der Waals surface area contributed by atoms with E-state index in [-0.39, 0.29) is 19.0 Å². The highest BCUT2D eigenvalue weighted by Gasteiger charge is 2.36. The van der Waals surface area contributed by atoms with Crippen LogP contribution in [-0.4, -0.2) is 41.6 Å². The molecule has 150 valence electrons. The molecule has 0 radical (unpaired) electrons. The minimum atomic E-state index is -0.616. The molecule has 0 saturated carbocycles. The number of nitrogens with one attached hydrogen (secondary N) is 2. The Morgan fingerprint density at radius 3 is 2.76 bits per heavy atom. The number of aromatic amines is 1. The van der Waals surface area contributed by atoms with Gasteiger partial charge in [-0.1, -0.05) is 36.4 Å². The molecule has 0 fully saturated rings. The molecule has 1 aliphatic heterocycles. The Hall–Kier alpha value is -3.35. The first-order valence-corrected chi connectivity index (χ1v) is 9.64. The van der Waals surface area contributed by atoms with E-state index in [0.717, 1.165) is 22.2 Å². The van der Waals surface area contributed by atoms with Crippen molar-refractivity contribution in [2.24, 2.45) is 0 Å². The summed E-state index contributed by atoms with van der Waals surface area (Å²) in [5, 5.41) is 3.68. The van der Waals surface area contributed by atoms with Crippen LogP contribution in [0.3, 0.4) is 0 Å². The van der Waals surface area contributed by atoms with Gasteiger partial charge in [-0.2, -0.15) is 0 Å². The molecule has 0 spiro atoms. The van der Waals surface area contributed by atoms with Gasteiger partial charge in [0.1, 0.15) is 18.4 Å². The summed E-state index contributed by atoms with van der Waals surface area (Å²) in [6, 6.07) is 13.3. The van der Waals surface area contributed by atoms with Crippen molar-refractivity contribution in [2.45, 2.75) is 19.4 Å². The second kappa shape index (κ2) is 7.95. The number of hydrogen-bond acceptors (Lipinski definition) is 3. The highest BCUT2D eigenvalue weighted by molar-refractivity contribution is 5.87. The third-order valence-electron chi connectivity index (χ3n) is 5.18. The fraction of sp³-hybridized carbons (Fsp3) is 0.273. The number of hydrogen-bond donors (Lipinski definition) is 2. The molecule has 2 heterocycles. The van der Waals surface area contributed by atoms with Crippen LogP contribution in [0.15, 0.2) is 48.5 Å². The minimum absolute atomic E-state index is 0.229. The number of amides is 2. The van der Waals surface area contributed by atoms with Crippen LogP contribution in [0.4, 0.5) is 9.18 Å². The number of rotatable bonds is 4. The van der Waals surface area contributed by atoms with E-state index in [1.165, 1.54) is 6.07 Å². The van der Waals surface area contributed by atoms with E-state index in [1.807, 2.05) is 24.3 Å². The van der Waals surface area contributed by atoms with Crippen molar-refractivity contribution >= 4 is 22.9 Å². The Bertz CT molecular complexity index is 1060. The van der Waals surface area contributed by atoms with E-state index in [0.29, 0.717) is 18.5 Å². The lowest BCUT2D eigenvalue weighted by Gasteiger charge is -2.36. The molecule has 3 aromatic rings. The van der Waals surface area contributed by atoms with Gasteiger partial charge in [-0.05, 0) is 31.0 Å². The third kappa shape index (κ3) is 3.55. The zero-order valence-corrected chi connectivity index (χ0v) is 16.1. The fourth-order valence-corrected chi connectivity index (χ4v) is 3.94. The lowest BCUT2D eigenvalue weighted by molar-refractivity contribution is -0.141. The second-order valence-corrected chi connectivity index (χ2v) is 6.89. The van der Waals surface area contributed by atoms with Gasteiger partial charge in [0.05, 0.1) is 6.61 Å². The fourth-order valence-electron chi connectivity index (χ4n) is 3.94. The van der Waals surface area contributed by atoms with Crippen LogP contribution in [0, 0.1) is 5.82 Å². The number of para-hydroxylation sites is 1. The molecule has 1 aliphatic rings. The topological polar surface area (TPSA) is 74.4 Å². The number of urea groups is 1. The molecular weight excluding hydrogens is 373 g/mol. The van der Waals surface area contributed by atoms with Gasteiger partial charge in [-0.25, -0.2) is 9.18 Å². The smallest absolute Gasteiger partial charge is 0.325 e. The number of benzene rings is 2. The van der Waals surface area contributed by atoms with Crippen LogP contribution in [0.2, 0.25) is 0 Å². The first kappa shape index (κ1) is 19.0. The number of H-pyrrole nitrogens is 1. The van der Waals surface area contributed by atoms with Crippen LogP contribution in [0.5, 0.6) is 0 Å². The molecule has 2 aromatic carbocycles. The van der Waals surface area contributed by atoms with Crippen LogP contribution < -0.4 is 5.32 Å². The lowest BCUT2D eigenvalue weighted by Crippen LogP contribution is -2.47. The van der Waals surface area contributed by atoms with Crippen LogP contribution in [0.1, 0.15) is 29.8 Å². The summed E-state index contributed by atoms with van der Waals surface area (Å²) in [5.74, 6) is -0.890. The molecule has 4 rings (SSSR count). The van der Waals surface area contributed by atoms with Crippen LogP contribution in [0.25, 0.3) is 10.9 Å². The Labute approximate surface area is 167 Å². The number of fused-ring (bicyclic) bond motifs is 3. The number of aromatic nitrogens is 1. The molecule has 0 aliphatic carbocycles. The average molecular weight is 395 g/mol. The summed E-state index contributed by atoms with van der Waals surface area (Å²) in [7, 11) is 0. The molecule has 0 unspecified atom stereocenters. The summed E-state index contributed by atoms with van der Waals surface area (Å²) >= 11 is 0. The zero-order chi connectivity index (χ0) is 20.4. The maximum atomic E-state index is 14.7. The summed E-state index contributed by atoms with van der Waals surface area (Å²) in [6.45, 7) is 2.12. The van der Waals surface area contributed by atoms with Gasteiger partial charge < -0.3 is 19.9 Å². The van der Waals surface area contributed by atoms with Gasteiger partial charge in [-0.3, -0.25) is 4.79 Å². The summed E-state index contributed by atoms with van der Waals surface area (Å²) in [5.41, 5.74) is 3.25. The van der Waals surface area contributed by atoms with E-state index < -0.39 is 18.0 Å². The molecule has 2 amide bonds. The second-order valence-electron chi connectivity index (χ2n) is 6.89. The summed E-state index contributed by atoms with van der Waals surface area (Å²) in [4.78, 5) is 29.5. The molecule has 0 bridgehead atoms. The number of carbonyl (C=O) groups is 2. The first-order valence-electron chi connectivity index (χ1n) is 9.64. The molecule has 6 nitrogen and oxygen atoms in total. The molecule has 7 heteroatoms. The first-order chi connectivity index (χ1) is 14.1. The van der Waals surface area contributed by atoms with Gasteiger partial charge in [0.25, 0.3) is 0 Å².